The molecule has 0 atom stereocenters. The number of hydrazone groups is 1. The molecule has 28 heavy (non-hydrogen) atoms. The van der Waals surface area contributed by atoms with Gasteiger partial charge in [0.1, 0.15) is 6.61 Å². The lowest BCUT2D eigenvalue weighted by atomic mass is 10.2. The Morgan fingerprint density at radius 1 is 1.32 bits per heavy atom. The zero-order valence-corrected chi connectivity index (χ0v) is 16.1. The number of hydrogen-bond donors (Lipinski definition) is 2. The fourth-order valence-corrected chi connectivity index (χ4v) is 2.31. The Bertz CT molecular complexity index is 886. The number of benzene rings is 2. The van der Waals surface area contributed by atoms with E-state index in [-0.39, 0.29) is 12.3 Å². The minimum atomic E-state index is -0.440. The summed E-state index contributed by atoms with van der Waals surface area (Å²) in [5.41, 5.74) is 4.18. The van der Waals surface area contributed by atoms with Gasteiger partial charge in [0.25, 0.3) is 5.69 Å². The van der Waals surface area contributed by atoms with Crippen molar-refractivity contribution in [2.24, 2.45) is 5.10 Å². The van der Waals surface area contributed by atoms with Crippen LogP contribution in [0.2, 0.25) is 0 Å². The first-order chi connectivity index (χ1) is 13.5. The van der Waals surface area contributed by atoms with Gasteiger partial charge >= 0.3 is 0 Å². The summed E-state index contributed by atoms with van der Waals surface area (Å²) in [4.78, 5) is 10.4. The molecular weight excluding hydrogens is 380 g/mol. The van der Waals surface area contributed by atoms with E-state index in [0.29, 0.717) is 28.7 Å². The quantitative estimate of drug-likeness (QED) is 0.219. The molecule has 0 amide bonds. The third-order valence-electron chi connectivity index (χ3n) is 3.49. The maximum Gasteiger partial charge on any atom is 0.269 e. The average Bonchev–Trinajstić information content (AvgIpc) is 2.71. The van der Waals surface area contributed by atoms with Gasteiger partial charge in [0.15, 0.2) is 16.6 Å². The van der Waals surface area contributed by atoms with Crippen molar-refractivity contribution in [2.75, 3.05) is 13.7 Å². The Morgan fingerprint density at radius 3 is 2.86 bits per heavy atom. The van der Waals surface area contributed by atoms with Crippen molar-refractivity contribution in [3.8, 4) is 11.5 Å². The van der Waals surface area contributed by atoms with E-state index in [0.717, 1.165) is 5.56 Å². The molecule has 0 aliphatic heterocycles. The number of rotatable bonds is 9. The number of thiocarbonyl (C=S) groups is 1. The van der Waals surface area contributed by atoms with Crippen molar-refractivity contribution in [1.82, 2.24) is 10.7 Å². The number of nitrogens with zero attached hydrogens (tertiary/aromatic N) is 2. The highest BCUT2D eigenvalue weighted by Gasteiger charge is 2.09. The van der Waals surface area contributed by atoms with Crippen LogP contribution in [0.1, 0.15) is 11.1 Å². The Kier molecular flexibility index (Phi) is 7.92. The van der Waals surface area contributed by atoms with Crippen LogP contribution in [0.5, 0.6) is 11.5 Å². The highest BCUT2D eigenvalue weighted by molar-refractivity contribution is 7.80. The highest BCUT2D eigenvalue weighted by Crippen LogP contribution is 2.28. The van der Waals surface area contributed by atoms with Crippen LogP contribution >= 0.6 is 12.2 Å². The SMILES string of the molecule is C=CCNC(=S)N/N=C/c1ccc(OCc2cccc([N+](=O)[O-])c2)c(OC)c1. The molecule has 0 unspecified atom stereocenters. The summed E-state index contributed by atoms with van der Waals surface area (Å²) in [6.45, 7) is 4.31. The average molecular weight is 400 g/mol. The Labute approximate surface area is 168 Å². The van der Waals surface area contributed by atoms with Crippen molar-refractivity contribution in [3.05, 3.63) is 76.4 Å². The first-order valence-electron chi connectivity index (χ1n) is 8.25. The lowest BCUT2D eigenvalue weighted by molar-refractivity contribution is -0.384. The molecule has 0 aliphatic carbocycles. The number of non-ortho nitro benzene ring substituents is 1. The number of hydrogen-bond acceptors (Lipinski definition) is 6. The summed E-state index contributed by atoms with van der Waals surface area (Å²) in [7, 11) is 1.53. The summed E-state index contributed by atoms with van der Waals surface area (Å²) < 4.78 is 11.1. The van der Waals surface area contributed by atoms with E-state index < -0.39 is 4.92 Å². The molecule has 0 saturated heterocycles. The van der Waals surface area contributed by atoms with Crippen LogP contribution in [-0.4, -0.2) is 29.9 Å². The molecule has 8 nitrogen and oxygen atoms in total. The number of ether oxygens (including phenoxy) is 2. The Morgan fingerprint density at radius 2 is 2.14 bits per heavy atom. The zero-order valence-electron chi connectivity index (χ0n) is 15.3. The summed E-state index contributed by atoms with van der Waals surface area (Å²) in [6.07, 6.45) is 3.28. The molecule has 2 aromatic carbocycles. The van der Waals surface area contributed by atoms with Gasteiger partial charge in [-0.1, -0.05) is 18.2 Å². The maximum absolute atomic E-state index is 10.9. The Balaban J connectivity index is 2.00. The van der Waals surface area contributed by atoms with Gasteiger partial charge in [0.05, 0.1) is 18.2 Å². The predicted octanol–water partition coefficient (Wildman–Crippen LogP) is 3.17. The first-order valence-corrected chi connectivity index (χ1v) is 8.66. The second kappa shape index (κ2) is 10.6. The molecule has 0 heterocycles. The van der Waals surface area contributed by atoms with E-state index in [4.69, 9.17) is 21.7 Å². The first kappa shape index (κ1) is 20.8. The molecule has 146 valence electrons. The van der Waals surface area contributed by atoms with Crippen molar-refractivity contribution < 1.29 is 14.4 Å². The largest absolute Gasteiger partial charge is 0.493 e. The van der Waals surface area contributed by atoms with Crippen molar-refractivity contribution >= 4 is 29.2 Å². The molecule has 2 aromatic rings. The van der Waals surface area contributed by atoms with Gasteiger partial charge in [-0.3, -0.25) is 15.5 Å². The minimum absolute atomic E-state index is 0.0209. The van der Waals surface area contributed by atoms with Crippen LogP contribution in [0, 0.1) is 10.1 Å². The van der Waals surface area contributed by atoms with Gasteiger partial charge in [-0.2, -0.15) is 5.10 Å². The molecular formula is C19H20N4O4S. The number of nitro benzene ring substituents is 1. The van der Waals surface area contributed by atoms with Gasteiger partial charge in [0.2, 0.25) is 0 Å². The van der Waals surface area contributed by atoms with E-state index >= 15 is 0 Å². The normalized spacial score (nSPS) is 10.3. The second-order valence-electron chi connectivity index (χ2n) is 5.49. The molecule has 2 rings (SSSR count). The van der Waals surface area contributed by atoms with Gasteiger partial charge in [-0.15, -0.1) is 6.58 Å². The molecule has 2 N–H and O–H groups in total. The molecule has 0 saturated carbocycles. The number of nitro groups is 1. The van der Waals surface area contributed by atoms with Crippen LogP contribution in [0.15, 0.2) is 60.2 Å². The monoisotopic (exact) mass is 400 g/mol. The molecule has 0 radical (unpaired) electrons. The van der Waals surface area contributed by atoms with E-state index in [1.54, 1.807) is 42.6 Å². The molecule has 0 spiro atoms. The minimum Gasteiger partial charge on any atom is -0.493 e. The fourth-order valence-electron chi connectivity index (χ4n) is 2.17. The van der Waals surface area contributed by atoms with Crippen molar-refractivity contribution in [1.29, 1.82) is 0 Å². The van der Waals surface area contributed by atoms with Gasteiger partial charge in [0, 0.05) is 18.7 Å². The fraction of sp³-hybridized carbons (Fsp3) is 0.158. The molecule has 0 bridgehead atoms. The molecule has 0 aromatic heterocycles. The third-order valence-corrected chi connectivity index (χ3v) is 3.73. The van der Waals surface area contributed by atoms with E-state index in [1.165, 1.54) is 19.2 Å². The maximum atomic E-state index is 10.9. The summed E-state index contributed by atoms with van der Waals surface area (Å²) in [5, 5.41) is 18.2. The zero-order chi connectivity index (χ0) is 20.4. The summed E-state index contributed by atoms with van der Waals surface area (Å²) in [6, 6.07) is 11.6. The highest BCUT2D eigenvalue weighted by atomic mass is 32.1. The third kappa shape index (κ3) is 6.36. The van der Waals surface area contributed by atoms with Crippen molar-refractivity contribution in [3.63, 3.8) is 0 Å². The summed E-state index contributed by atoms with van der Waals surface area (Å²) >= 11 is 5.04. The van der Waals surface area contributed by atoms with Crippen LogP contribution in [-0.2, 0) is 6.61 Å². The molecule has 0 fully saturated rings. The van der Waals surface area contributed by atoms with Gasteiger partial charge in [-0.25, -0.2) is 0 Å². The topological polar surface area (TPSA) is 98.0 Å². The van der Waals surface area contributed by atoms with E-state index in [2.05, 4.69) is 22.4 Å². The van der Waals surface area contributed by atoms with Crippen LogP contribution in [0.25, 0.3) is 0 Å². The molecule has 9 heteroatoms. The number of nitrogens with one attached hydrogen (secondary N) is 2. The Hall–Kier alpha value is -3.46. The van der Waals surface area contributed by atoms with Crippen LogP contribution < -0.4 is 20.2 Å². The van der Waals surface area contributed by atoms with Gasteiger partial charge in [-0.05, 0) is 41.5 Å². The van der Waals surface area contributed by atoms with E-state index in [1.807, 2.05) is 0 Å². The van der Waals surface area contributed by atoms with Gasteiger partial charge < -0.3 is 14.8 Å². The van der Waals surface area contributed by atoms with E-state index in [9.17, 15) is 10.1 Å². The summed E-state index contributed by atoms with van der Waals surface area (Å²) in [5.74, 6) is 1.03. The smallest absolute Gasteiger partial charge is 0.269 e. The van der Waals surface area contributed by atoms with Crippen LogP contribution in [0.3, 0.4) is 0 Å². The predicted molar refractivity (Wildman–Crippen MR) is 112 cm³/mol. The standard InChI is InChI=1S/C19H20N4O4S/c1-3-9-20-19(28)22-21-12-14-7-8-17(18(11-14)26-2)27-13-15-5-4-6-16(10-15)23(24)25/h3-8,10-12H,1,9,13H2,2H3,(H2,20,22,28)/b21-12+. The lowest BCUT2D eigenvalue weighted by Gasteiger charge is -2.11. The van der Waals surface area contributed by atoms with Crippen LogP contribution in [0.4, 0.5) is 5.69 Å². The number of methoxy groups -OCH3 is 1. The lowest BCUT2D eigenvalue weighted by Crippen LogP contribution is -2.31. The molecule has 0 aliphatic rings. The second-order valence-corrected chi connectivity index (χ2v) is 5.90. The van der Waals surface area contributed by atoms with Crippen molar-refractivity contribution in [2.45, 2.75) is 6.61 Å².